The van der Waals surface area contributed by atoms with Gasteiger partial charge < -0.3 is 0 Å². The number of rotatable bonds is 3. The minimum atomic E-state index is -0.313. The lowest BCUT2D eigenvalue weighted by molar-refractivity contribution is 0.137. The smallest absolute Gasteiger partial charge is 0.121 e. The van der Waals surface area contributed by atoms with E-state index in [1.807, 2.05) is 0 Å². The zero-order chi connectivity index (χ0) is 14.9. The van der Waals surface area contributed by atoms with Gasteiger partial charge in [-0.1, -0.05) is 0 Å². The van der Waals surface area contributed by atoms with Crippen molar-refractivity contribution >= 4 is 8.37 Å². The van der Waals surface area contributed by atoms with E-state index < -0.39 is 0 Å². The van der Waals surface area contributed by atoms with Crippen molar-refractivity contribution < 1.29 is 0 Å². The Bertz CT molecular complexity index is 261. The van der Waals surface area contributed by atoms with E-state index >= 15 is 0 Å². The largest absolute Gasteiger partial charge is 0.299 e. The zero-order valence-corrected chi connectivity index (χ0v) is 15.1. The van der Waals surface area contributed by atoms with Crippen LogP contribution in [0.3, 0.4) is 0 Å². The van der Waals surface area contributed by atoms with E-state index in [1.54, 1.807) is 0 Å². The molecule has 5 heteroatoms. The molecule has 20 heavy (non-hydrogen) atoms. The first-order chi connectivity index (χ1) is 9.41. The van der Waals surface area contributed by atoms with Crippen LogP contribution in [-0.2, 0) is 0 Å². The molecule has 3 aliphatic heterocycles. The Morgan fingerprint density at radius 3 is 1.10 bits per heavy atom. The standard InChI is InChI=1S/C15H33N4P/c1-13(2)17-10-7-16-8-11-18(14(3)4)20(17)19(12-9-16)15(5)6/h13-15H,7-12H2,1-6H3. The summed E-state index contributed by atoms with van der Waals surface area (Å²) in [4.78, 5) is 2.66. The van der Waals surface area contributed by atoms with Gasteiger partial charge >= 0.3 is 0 Å². The number of hydrogen-bond acceptors (Lipinski definition) is 4. The molecule has 0 aliphatic carbocycles. The molecule has 0 spiro atoms. The van der Waals surface area contributed by atoms with Crippen LogP contribution in [0.15, 0.2) is 0 Å². The Morgan fingerprint density at radius 1 is 0.550 bits per heavy atom. The summed E-state index contributed by atoms with van der Waals surface area (Å²) in [5.74, 6) is 0. The lowest BCUT2D eigenvalue weighted by Gasteiger charge is -2.53. The summed E-state index contributed by atoms with van der Waals surface area (Å²) in [6.07, 6.45) is 0. The molecule has 3 fully saturated rings. The third-order valence-electron chi connectivity index (χ3n) is 4.41. The van der Waals surface area contributed by atoms with Gasteiger partial charge in [-0.3, -0.25) is 18.9 Å². The average Bonchev–Trinajstić information content (AvgIpc) is 2.25. The fourth-order valence-corrected chi connectivity index (χ4v) is 6.10. The number of nitrogens with zero attached hydrogens (tertiary/aromatic N) is 4. The Labute approximate surface area is 127 Å². The summed E-state index contributed by atoms with van der Waals surface area (Å²) in [6.45, 7) is 21.6. The SMILES string of the molecule is CC(C)N1CCN2CCN(C(C)C)P1N(C(C)C)CC2. The Morgan fingerprint density at radius 2 is 0.850 bits per heavy atom. The van der Waals surface area contributed by atoms with Gasteiger partial charge in [0.05, 0.1) is 0 Å². The fraction of sp³-hybridized carbons (Fsp3) is 1.00. The van der Waals surface area contributed by atoms with Gasteiger partial charge in [0.1, 0.15) is 8.37 Å². The lowest BCUT2D eigenvalue weighted by atomic mass is 10.3. The maximum absolute atomic E-state index is 2.76. The summed E-state index contributed by atoms with van der Waals surface area (Å²) in [6, 6.07) is 1.88. The van der Waals surface area contributed by atoms with Crippen LogP contribution in [0.5, 0.6) is 0 Å². The maximum Gasteiger partial charge on any atom is 0.121 e. The van der Waals surface area contributed by atoms with E-state index in [0.717, 1.165) is 0 Å². The summed E-state index contributed by atoms with van der Waals surface area (Å²) in [7, 11) is -0.313. The first-order valence-electron chi connectivity index (χ1n) is 8.24. The molecule has 0 amide bonds. The van der Waals surface area contributed by atoms with Crippen molar-refractivity contribution in [1.82, 2.24) is 18.9 Å². The van der Waals surface area contributed by atoms with Gasteiger partial charge in [-0.2, -0.15) is 0 Å². The van der Waals surface area contributed by atoms with Crippen LogP contribution in [0.1, 0.15) is 41.5 Å². The molecular weight excluding hydrogens is 267 g/mol. The lowest BCUT2D eigenvalue weighted by Crippen LogP contribution is -2.55. The second kappa shape index (κ2) is 7.02. The van der Waals surface area contributed by atoms with Gasteiger partial charge in [0.15, 0.2) is 0 Å². The van der Waals surface area contributed by atoms with Crippen LogP contribution in [0.4, 0.5) is 0 Å². The predicted octanol–water partition coefficient (Wildman–Crippen LogP) is 2.67. The quantitative estimate of drug-likeness (QED) is 0.743. The molecule has 3 rings (SSSR count). The van der Waals surface area contributed by atoms with E-state index in [0.29, 0.717) is 18.1 Å². The molecule has 0 radical (unpaired) electrons. The molecule has 0 unspecified atom stereocenters. The fourth-order valence-electron chi connectivity index (χ4n) is 3.17. The Hall–Kier alpha value is 0.270. The van der Waals surface area contributed by atoms with Gasteiger partial charge in [-0.15, -0.1) is 0 Å². The van der Waals surface area contributed by atoms with Gasteiger partial charge in [0, 0.05) is 57.4 Å². The average molecular weight is 300 g/mol. The highest BCUT2D eigenvalue weighted by Gasteiger charge is 2.39. The second-order valence-electron chi connectivity index (χ2n) is 6.88. The van der Waals surface area contributed by atoms with Crippen LogP contribution in [-0.4, -0.2) is 76.3 Å². The van der Waals surface area contributed by atoms with Crippen molar-refractivity contribution in [3.8, 4) is 0 Å². The van der Waals surface area contributed by atoms with Crippen molar-refractivity contribution in [2.75, 3.05) is 39.3 Å². The highest BCUT2D eigenvalue weighted by Crippen LogP contribution is 2.52. The van der Waals surface area contributed by atoms with Crippen molar-refractivity contribution in [3.05, 3.63) is 0 Å². The van der Waals surface area contributed by atoms with Crippen molar-refractivity contribution in [3.63, 3.8) is 0 Å². The predicted molar refractivity (Wildman–Crippen MR) is 88.9 cm³/mol. The van der Waals surface area contributed by atoms with E-state index in [4.69, 9.17) is 0 Å². The molecule has 0 aromatic heterocycles. The van der Waals surface area contributed by atoms with E-state index in [2.05, 4.69) is 60.5 Å². The molecule has 3 aliphatic rings. The molecule has 0 N–H and O–H groups in total. The molecule has 118 valence electrons. The maximum atomic E-state index is 2.76. The van der Waals surface area contributed by atoms with E-state index in [-0.39, 0.29) is 8.37 Å². The summed E-state index contributed by atoms with van der Waals surface area (Å²) >= 11 is 0. The van der Waals surface area contributed by atoms with Crippen LogP contribution >= 0.6 is 8.37 Å². The first-order valence-corrected chi connectivity index (χ1v) is 9.44. The second-order valence-corrected chi connectivity index (χ2v) is 8.96. The molecular formula is C15H33N4P. The minimum Gasteiger partial charge on any atom is -0.299 e. The molecule has 0 aromatic rings. The van der Waals surface area contributed by atoms with Crippen LogP contribution < -0.4 is 0 Å². The molecule has 3 heterocycles. The van der Waals surface area contributed by atoms with Crippen molar-refractivity contribution in [2.45, 2.75) is 59.7 Å². The molecule has 0 saturated carbocycles. The monoisotopic (exact) mass is 300 g/mol. The summed E-state index contributed by atoms with van der Waals surface area (Å²) in [5.41, 5.74) is 0. The number of hydrogen-bond donors (Lipinski definition) is 0. The van der Waals surface area contributed by atoms with Crippen LogP contribution in [0, 0.1) is 0 Å². The molecule has 4 nitrogen and oxygen atoms in total. The molecule has 2 bridgehead atoms. The normalized spacial score (nSPS) is 31.1. The minimum absolute atomic E-state index is 0.313. The summed E-state index contributed by atoms with van der Waals surface area (Å²) in [5, 5.41) is 0. The van der Waals surface area contributed by atoms with Gasteiger partial charge in [0.2, 0.25) is 0 Å². The van der Waals surface area contributed by atoms with E-state index in [1.165, 1.54) is 39.3 Å². The van der Waals surface area contributed by atoms with Gasteiger partial charge in [-0.25, -0.2) is 0 Å². The summed E-state index contributed by atoms with van der Waals surface area (Å²) < 4.78 is 8.29. The molecule has 0 aromatic carbocycles. The van der Waals surface area contributed by atoms with Gasteiger partial charge in [-0.05, 0) is 41.5 Å². The third kappa shape index (κ3) is 3.53. The van der Waals surface area contributed by atoms with E-state index in [9.17, 15) is 0 Å². The third-order valence-corrected chi connectivity index (χ3v) is 7.78. The number of fused-ring (bicyclic) bond motifs is 6. The molecule has 0 atom stereocenters. The van der Waals surface area contributed by atoms with Gasteiger partial charge in [0.25, 0.3) is 0 Å². The zero-order valence-electron chi connectivity index (χ0n) is 14.2. The first kappa shape index (κ1) is 16.6. The molecule has 3 saturated heterocycles. The van der Waals surface area contributed by atoms with Crippen molar-refractivity contribution in [1.29, 1.82) is 0 Å². The Balaban J connectivity index is 2.35. The highest BCUT2D eigenvalue weighted by molar-refractivity contribution is 7.50. The Kier molecular flexibility index (Phi) is 5.84. The topological polar surface area (TPSA) is 13.0 Å². The highest BCUT2D eigenvalue weighted by atomic mass is 31.2. The van der Waals surface area contributed by atoms with Crippen molar-refractivity contribution in [2.24, 2.45) is 0 Å². The van der Waals surface area contributed by atoms with Crippen LogP contribution in [0.2, 0.25) is 0 Å². The van der Waals surface area contributed by atoms with Crippen LogP contribution in [0.25, 0.3) is 0 Å².